The van der Waals surface area contributed by atoms with Crippen LogP contribution in [0.25, 0.3) is 0 Å². The molecular formula is C34H38F5N5O3Si. The highest BCUT2D eigenvalue weighted by atomic mass is 28.3. The van der Waals surface area contributed by atoms with E-state index in [4.69, 9.17) is 0 Å². The third kappa shape index (κ3) is 5.59. The highest BCUT2D eigenvalue weighted by Gasteiger charge is 2.54. The largest absolute Gasteiger partial charge is 0.355 e. The average Bonchev–Trinajstić information content (AvgIpc) is 3.47. The predicted molar refractivity (Wildman–Crippen MR) is 176 cm³/mol. The summed E-state index contributed by atoms with van der Waals surface area (Å²) in [6.07, 6.45) is 0. The molecule has 0 unspecified atom stereocenters. The molecule has 0 saturated carbocycles. The van der Waals surface area contributed by atoms with E-state index in [1.54, 1.807) is 29.2 Å². The van der Waals surface area contributed by atoms with Gasteiger partial charge in [0.2, 0.25) is 0 Å². The van der Waals surface area contributed by atoms with Crippen molar-refractivity contribution in [2.75, 3.05) is 28.2 Å². The Labute approximate surface area is 277 Å². The molecule has 0 radical (unpaired) electrons. The molecule has 3 aromatic carbocycles. The highest BCUT2D eigenvalue weighted by molar-refractivity contribution is 6.79. The van der Waals surface area contributed by atoms with Crippen LogP contribution in [-0.2, 0) is 11.3 Å². The number of hydrogen-bond donors (Lipinski definition) is 1. The van der Waals surface area contributed by atoms with Crippen molar-refractivity contribution < 1.29 is 36.3 Å². The zero-order chi connectivity index (χ0) is 35.7. The van der Waals surface area contributed by atoms with E-state index >= 15 is 4.39 Å². The Balaban J connectivity index is 1.39. The summed E-state index contributed by atoms with van der Waals surface area (Å²) < 4.78 is 74.6. The Kier molecular flexibility index (Phi) is 8.64. The van der Waals surface area contributed by atoms with E-state index in [0.717, 1.165) is 17.9 Å². The monoisotopic (exact) mass is 687 g/mol. The number of carbonyl (C=O) groups excluding carboxylic acids is 3. The van der Waals surface area contributed by atoms with E-state index in [0.29, 0.717) is 30.0 Å². The number of imide groups is 1. The minimum Gasteiger partial charge on any atom is -0.355 e. The second-order valence-corrected chi connectivity index (χ2v) is 19.3. The number of amides is 5. The Morgan fingerprint density at radius 2 is 1.46 bits per heavy atom. The van der Waals surface area contributed by atoms with Gasteiger partial charge in [0.1, 0.15) is 17.0 Å². The number of nitrogens with zero attached hydrogens (tertiary/aromatic N) is 4. The molecule has 0 aromatic heterocycles. The molecule has 1 N–H and O–H groups in total. The molecule has 0 spiro atoms. The lowest BCUT2D eigenvalue weighted by Crippen LogP contribution is -2.56. The van der Waals surface area contributed by atoms with Gasteiger partial charge in [-0.25, -0.2) is 36.4 Å². The van der Waals surface area contributed by atoms with Crippen molar-refractivity contribution in [2.24, 2.45) is 0 Å². The fourth-order valence-electron chi connectivity index (χ4n) is 5.78. The van der Waals surface area contributed by atoms with E-state index in [2.05, 4.69) is 39.2 Å². The van der Waals surface area contributed by atoms with Crippen LogP contribution in [0.2, 0.25) is 18.1 Å². The zero-order valence-electron chi connectivity index (χ0n) is 28.1. The van der Waals surface area contributed by atoms with Crippen molar-refractivity contribution in [2.45, 2.75) is 71.8 Å². The van der Waals surface area contributed by atoms with Gasteiger partial charge < -0.3 is 14.8 Å². The fraction of sp³-hybridized carbons (Fsp3) is 0.382. The molecule has 3 aromatic rings. The van der Waals surface area contributed by atoms with Gasteiger partial charge in [0.15, 0.2) is 31.5 Å². The van der Waals surface area contributed by atoms with Crippen molar-refractivity contribution in [3.63, 3.8) is 0 Å². The average molecular weight is 688 g/mol. The fourth-order valence-corrected chi connectivity index (χ4v) is 7.85. The van der Waals surface area contributed by atoms with Crippen molar-refractivity contribution in [3.8, 4) is 0 Å². The summed E-state index contributed by atoms with van der Waals surface area (Å²) in [5, 5.41) is 3.10. The summed E-state index contributed by atoms with van der Waals surface area (Å²) in [4.78, 5) is 43.3. The third-order valence-corrected chi connectivity index (χ3v) is 15.3. The van der Waals surface area contributed by atoms with Gasteiger partial charge in [0.25, 0.3) is 5.91 Å². The molecule has 5 rings (SSSR count). The van der Waals surface area contributed by atoms with Crippen LogP contribution in [0.4, 0.5) is 54.3 Å². The lowest BCUT2D eigenvalue weighted by atomic mass is 10.0. The number of anilines is 4. The van der Waals surface area contributed by atoms with Gasteiger partial charge in [-0.2, -0.15) is 0 Å². The molecule has 2 aliphatic heterocycles. The normalized spacial score (nSPS) is 16.9. The smallest absolute Gasteiger partial charge is 0.332 e. The van der Waals surface area contributed by atoms with Gasteiger partial charge in [-0.1, -0.05) is 39.9 Å². The molecule has 0 aliphatic carbocycles. The number of hydrogen-bond acceptors (Lipinski definition) is 4. The summed E-state index contributed by atoms with van der Waals surface area (Å²) in [6, 6.07) is 9.50. The van der Waals surface area contributed by atoms with Crippen molar-refractivity contribution in [1.29, 1.82) is 0 Å². The minimum atomic E-state index is -2.08. The first-order chi connectivity index (χ1) is 22.2. The third-order valence-electron chi connectivity index (χ3n) is 9.88. The standard InChI is InChI=1S/C34H38F5N5O3Si/c1-19-25(36)27(38)28(39)29(26(19)37)44-30(45)34(5,6)42(32(44)47)18-20-9-10-21(35)17-24(20)40-22-11-13-23(14-12-22)41-15-16-43(31(41)46)48(7,8)33(2,3)4/h9-14,17,40H,15-16,18H2,1-8H3. The maximum Gasteiger partial charge on any atom is 0.332 e. The van der Waals surface area contributed by atoms with Crippen molar-refractivity contribution in [1.82, 2.24) is 9.47 Å². The lowest BCUT2D eigenvalue weighted by Gasteiger charge is -2.43. The van der Waals surface area contributed by atoms with E-state index in [1.807, 2.05) is 4.57 Å². The van der Waals surface area contributed by atoms with Crippen LogP contribution < -0.4 is 15.1 Å². The topological polar surface area (TPSA) is 76.2 Å². The van der Waals surface area contributed by atoms with E-state index in [-0.39, 0.29) is 28.2 Å². The van der Waals surface area contributed by atoms with Crippen LogP contribution in [0.15, 0.2) is 42.5 Å². The summed E-state index contributed by atoms with van der Waals surface area (Å²) >= 11 is 0. The van der Waals surface area contributed by atoms with Gasteiger partial charge in [0, 0.05) is 35.7 Å². The summed E-state index contributed by atoms with van der Waals surface area (Å²) in [6.45, 7) is 15.2. The van der Waals surface area contributed by atoms with Crippen molar-refractivity contribution in [3.05, 3.63) is 82.7 Å². The van der Waals surface area contributed by atoms with E-state index in [1.165, 1.54) is 26.0 Å². The van der Waals surface area contributed by atoms with E-state index < -0.39 is 66.0 Å². The Morgan fingerprint density at radius 3 is 2.06 bits per heavy atom. The summed E-state index contributed by atoms with van der Waals surface area (Å²) in [5.41, 5.74) is -2.07. The molecule has 5 amide bonds. The zero-order valence-corrected chi connectivity index (χ0v) is 29.1. The molecule has 14 heteroatoms. The first-order valence-corrected chi connectivity index (χ1v) is 18.4. The molecule has 48 heavy (non-hydrogen) atoms. The number of benzene rings is 3. The SMILES string of the molecule is Cc1c(F)c(F)c(F)c(N2C(=O)N(Cc3ccc(F)cc3Nc3ccc(N4CCN([Si](C)(C)C(C)(C)C)C4=O)cc3)C(C)(C)C2=O)c1F. The minimum absolute atomic E-state index is 0.0140. The quantitative estimate of drug-likeness (QED) is 0.0890. The molecule has 0 atom stereocenters. The van der Waals surface area contributed by atoms with Crippen LogP contribution in [0.5, 0.6) is 0 Å². The maximum atomic E-state index is 15.0. The molecule has 2 saturated heterocycles. The van der Waals surface area contributed by atoms with Crippen LogP contribution in [0.1, 0.15) is 45.7 Å². The number of nitrogens with one attached hydrogen (secondary N) is 1. The van der Waals surface area contributed by atoms with Crippen LogP contribution in [-0.4, -0.2) is 54.3 Å². The molecule has 2 heterocycles. The van der Waals surface area contributed by atoms with Crippen LogP contribution in [0, 0.1) is 36.0 Å². The molecule has 2 aliphatic rings. The van der Waals surface area contributed by atoms with Crippen LogP contribution in [0.3, 0.4) is 0 Å². The number of rotatable bonds is 7. The molecular weight excluding hydrogens is 649 g/mol. The van der Waals surface area contributed by atoms with Gasteiger partial charge in [0.05, 0.1) is 6.54 Å². The number of carbonyl (C=O) groups is 3. The predicted octanol–water partition coefficient (Wildman–Crippen LogP) is 8.43. The van der Waals surface area contributed by atoms with Gasteiger partial charge in [-0.15, -0.1) is 0 Å². The van der Waals surface area contributed by atoms with E-state index in [9.17, 15) is 31.9 Å². The second-order valence-electron chi connectivity index (χ2n) is 14.2. The Bertz CT molecular complexity index is 1800. The first kappa shape index (κ1) is 34.9. The molecule has 2 fully saturated rings. The molecule has 8 nitrogen and oxygen atoms in total. The summed E-state index contributed by atoms with van der Waals surface area (Å²) in [5.74, 6) is -9.03. The van der Waals surface area contributed by atoms with Crippen LogP contribution >= 0.6 is 0 Å². The number of urea groups is 2. The molecule has 256 valence electrons. The lowest BCUT2D eigenvalue weighted by molar-refractivity contribution is -0.123. The maximum absolute atomic E-state index is 15.0. The molecule has 0 bridgehead atoms. The van der Waals surface area contributed by atoms with Gasteiger partial charge in [-0.05, 0) is 67.8 Å². The Morgan fingerprint density at radius 1 is 0.833 bits per heavy atom. The second kappa shape index (κ2) is 11.9. The summed E-state index contributed by atoms with van der Waals surface area (Å²) in [7, 11) is -2.08. The first-order valence-electron chi connectivity index (χ1n) is 15.4. The Hall–Kier alpha value is -4.46. The van der Waals surface area contributed by atoms with Gasteiger partial charge in [-0.3, -0.25) is 9.69 Å². The highest BCUT2D eigenvalue weighted by Crippen LogP contribution is 2.41. The van der Waals surface area contributed by atoms with Crippen molar-refractivity contribution >= 4 is 49.0 Å². The van der Waals surface area contributed by atoms with Gasteiger partial charge >= 0.3 is 12.1 Å². The number of halogens is 5.